The molecule has 0 aromatic heterocycles. The van der Waals surface area contributed by atoms with Crippen molar-refractivity contribution >= 4 is 6.09 Å². The summed E-state index contributed by atoms with van der Waals surface area (Å²) in [7, 11) is 0. The van der Waals surface area contributed by atoms with E-state index in [0.29, 0.717) is 13.1 Å². The van der Waals surface area contributed by atoms with E-state index < -0.39 is 6.09 Å². The molecule has 2 aliphatic rings. The molecule has 1 unspecified atom stereocenters. The number of hydrogen-bond acceptors (Lipinski definition) is 3. The lowest BCUT2D eigenvalue weighted by molar-refractivity contribution is -0.0638. The van der Waals surface area contributed by atoms with Gasteiger partial charge in [-0.15, -0.1) is 0 Å². The van der Waals surface area contributed by atoms with Crippen LogP contribution in [0.2, 0.25) is 0 Å². The van der Waals surface area contributed by atoms with Crippen molar-refractivity contribution in [3.8, 4) is 0 Å². The first kappa shape index (κ1) is 9.73. The van der Waals surface area contributed by atoms with Crippen LogP contribution in [0.4, 0.5) is 4.79 Å². The molecule has 0 aliphatic carbocycles. The molecule has 0 aromatic rings. The average Bonchev–Trinajstić information content (AvgIpc) is 2.48. The van der Waals surface area contributed by atoms with Crippen LogP contribution in [0.3, 0.4) is 0 Å². The Labute approximate surface area is 83.0 Å². The van der Waals surface area contributed by atoms with Crippen LogP contribution in [-0.2, 0) is 4.74 Å². The summed E-state index contributed by atoms with van der Waals surface area (Å²) < 4.78 is 5.79. The predicted octanol–water partition coefficient (Wildman–Crippen LogP) is 0.465. The van der Waals surface area contributed by atoms with Gasteiger partial charge in [0.05, 0.1) is 5.60 Å². The van der Waals surface area contributed by atoms with Gasteiger partial charge in [-0.2, -0.15) is 0 Å². The van der Waals surface area contributed by atoms with Crippen molar-refractivity contribution in [2.45, 2.75) is 31.6 Å². The van der Waals surface area contributed by atoms with Crippen LogP contribution in [0.15, 0.2) is 0 Å². The number of likely N-dealkylation sites (tertiary alicyclic amines) is 1. The first-order valence-corrected chi connectivity index (χ1v) is 5.00. The molecule has 14 heavy (non-hydrogen) atoms. The molecule has 2 aliphatic heterocycles. The van der Waals surface area contributed by atoms with Gasteiger partial charge in [0.15, 0.2) is 0 Å². The minimum absolute atomic E-state index is 0.103. The summed E-state index contributed by atoms with van der Waals surface area (Å²) in [5.74, 6) is 0. The number of carboxylic acid groups (broad SMARTS) is 1. The summed E-state index contributed by atoms with van der Waals surface area (Å²) in [5.41, 5.74) is -0.106. The molecule has 0 bridgehead atoms. The molecule has 0 radical (unpaired) electrons. The highest BCUT2D eigenvalue weighted by Gasteiger charge is 2.41. The number of nitrogens with one attached hydrogen (secondary N) is 1. The van der Waals surface area contributed by atoms with E-state index in [-0.39, 0.29) is 11.8 Å². The highest BCUT2D eigenvalue weighted by atomic mass is 16.5. The van der Waals surface area contributed by atoms with Crippen LogP contribution in [0.25, 0.3) is 0 Å². The van der Waals surface area contributed by atoms with E-state index in [1.54, 1.807) is 0 Å². The smallest absolute Gasteiger partial charge is 0.407 e. The second-order valence-corrected chi connectivity index (χ2v) is 4.09. The quantitative estimate of drug-likeness (QED) is 0.596. The summed E-state index contributed by atoms with van der Waals surface area (Å²) in [4.78, 5) is 12.1. The second kappa shape index (κ2) is 3.40. The van der Waals surface area contributed by atoms with E-state index in [1.807, 2.05) is 6.92 Å². The molecule has 2 saturated heterocycles. The molecule has 1 amide bonds. The number of carbonyl (C=O) groups is 1. The summed E-state index contributed by atoms with van der Waals surface area (Å²) in [6.45, 7) is 4.01. The Morgan fingerprint density at radius 2 is 2.21 bits per heavy atom. The molecular weight excluding hydrogens is 184 g/mol. The maximum atomic E-state index is 10.7. The molecule has 0 saturated carbocycles. The highest BCUT2D eigenvalue weighted by molar-refractivity contribution is 5.65. The maximum absolute atomic E-state index is 10.7. The second-order valence-electron chi connectivity index (χ2n) is 4.09. The van der Waals surface area contributed by atoms with Crippen molar-refractivity contribution in [3.63, 3.8) is 0 Å². The minimum atomic E-state index is -0.821. The average molecular weight is 200 g/mol. The van der Waals surface area contributed by atoms with Crippen LogP contribution in [0.1, 0.15) is 19.8 Å². The molecule has 1 atom stereocenters. The SMILES string of the molecule is CC1NCC2(CCN(C(=O)O)CC2)O1. The minimum Gasteiger partial charge on any atom is -0.465 e. The largest absolute Gasteiger partial charge is 0.465 e. The van der Waals surface area contributed by atoms with Crippen LogP contribution in [0, 0.1) is 0 Å². The molecule has 2 N–H and O–H groups in total. The van der Waals surface area contributed by atoms with E-state index in [4.69, 9.17) is 9.84 Å². The molecule has 5 heteroatoms. The zero-order valence-electron chi connectivity index (χ0n) is 8.32. The molecular formula is C9H16N2O3. The lowest BCUT2D eigenvalue weighted by atomic mass is 9.92. The van der Waals surface area contributed by atoms with Gasteiger partial charge in [-0.1, -0.05) is 0 Å². The Morgan fingerprint density at radius 3 is 2.64 bits per heavy atom. The van der Waals surface area contributed by atoms with Gasteiger partial charge >= 0.3 is 6.09 Å². The van der Waals surface area contributed by atoms with Gasteiger partial charge in [-0.3, -0.25) is 5.32 Å². The van der Waals surface area contributed by atoms with Crippen molar-refractivity contribution in [3.05, 3.63) is 0 Å². The Hall–Kier alpha value is -0.810. The zero-order valence-corrected chi connectivity index (χ0v) is 8.32. The third-order valence-corrected chi connectivity index (χ3v) is 3.08. The Morgan fingerprint density at radius 1 is 1.57 bits per heavy atom. The summed E-state index contributed by atoms with van der Waals surface area (Å²) in [6.07, 6.45) is 0.887. The van der Waals surface area contributed by atoms with Crippen LogP contribution in [-0.4, -0.2) is 47.6 Å². The lowest BCUT2D eigenvalue weighted by Gasteiger charge is -2.36. The van der Waals surface area contributed by atoms with Crippen molar-refractivity contribution < 1.29 is 14.6 Å². The first-order chi connectivity index (χ1) is 6.61. The Balaban J connectivity index is 1.92. The first-order valence-electron chi connectivity index (χ1n) is 5.00. The van der Waals surface area contributed by atoms with Crippen molar-refractivity contribution in [1.82, 2.24) is 10.2 Å². The van der Waals surface area contributed by atoms with Crippen LogP contribution in [0.5, 0.6) is 0 Å². The van der Waals surface area contributed by atoms with E-state index in [9.17, 15) is 4.79 Å². The van der Waals surface area contributed by atoms with E-state index >= 15 is 0 Å². The van der Waals surface area contributed by atoms with Crippen molar-refractivity contribution in [2.75, 3.05) is 19.6 Å². The fraction of sp³-hybridized carbons (Fsp3) is 0.889. The van der Waals surface area contributed by atoms with Crippen molar-refractivity contribution in [2.24, 2.45) is 0 Å². The van der Waals surface area contributed by atoms with E-state index in [1.165, 1.54) is 4.90 Å². The zero-order chi connectivity index (χ0) is 10.2. The summed E-state index contributed by atoms with van der Waals surface area (Å²) >= 11 is 0. The van der Waals surface area contributed by atoms with Gasteiger partial charge < -0.3 is 14.7 Å². The number of amides is 1. The molecule has 2 rings (SSSR count). The fourth-order valence-corrected chi connectivity index (χ4v) is 2.19. The Bertz CT molecular complexity index is 236. The lowest BCUT2D eigenvalue weighted by Crippen LogP contribution is -2.48. The van der Waals surface area contributed by atoms with Crippen LogP contribution < -0.4 is 5.32 Å². The van der Waals surface area contributed by atoms with Gasteiger partial charge in [0.2, 0.25) is 0 Å². The highest BCUT2D eigenvalue weighted by Crippen LogP contribution is 2.30. The Kier molecular flexibility index (Phi) is 2.36. The van der Waals surface area contributed by atoms with Crippen molar-refractivity contribution in [1.29, 1.82) is 0 Å². The summed E-state index contributed by atoms with van der Waals surface area (Å²) in [6, 6.07) is 0. The molecule has 2 fully saturated rings. The predicted molar refractivity (Wildman–Crippen MR) is 50.1 cm³/mol. The van der Waals surface area contributed by atoms with Crippen LogP contribution >= 0.6 is 0 Å². The number of piperidine rings is 1. The third kappa shape index (κ3) is 1.69. The van der Waals surface area contributed by atoms with Gasteiger partial charge in [-0.25, -0.2) is 4.79 Å². The molecule has 80 valence electrons. The monoisotopic (exact) mass is 200 g/mol. The molecule has 1 spiro atoms. The summed E-state index contributed by atoms with van der Waals surface area (Å²) in [5, 5.41) is 12.0. The topological polar surface area (TPSA) is 61.8 Å². The number of rotatable bonds is 0. The van der Waals surface area contributed by atoms with Gasteiger partial charge in [0, 0.05) is 19.6 Å². The van der Waals surface area contributed by atoms with Gasteiger partial charge in [-0.05, 0) is 19.8 Å². The fourth-order valence-electron chi connectivity index (χ4n) is 2.19. The van der Waals surface area contributed by atoms with Gasteiger partial charge in [0.25, 0.3) is 0 Å². The number of ether oxygens (including phenoxy) is 1. The molecule has 0 aromatic carbocycles. The maximum Gasteiger partial charge on any atom is 0.407 e. The molecule has 5 nitrogen and oxygen atoms in total. The third-order valence-electron chi connectivity index (χ3n) is 3.08. The van der Waals surface area contributed by atoms with Gasteiger partial charge in [0.1, 0.15) is 6.23 Å². The number of hydrogen-bond donors (Lipinski definition) is 2. The normalized spacial score (nSPS) is 30.9. The number of nitrogens with zero attached hydrogens (tertiary/aromatic N) is 1. The molecule has 2 heterocycles. The van der Waals surface area contributed by atoms with E-state index in [0.717, 1.165) is 19.4 Å². The van der Waals surface area contributed by atoms with E-state index in [2.05, 4.69) is 5.32 Å². The standard InChI is InChI=1S/C9H16N2O3/c1-7-10-6-9(14-7)2-4-11(5-3-9)8(12)13/h7,10H,2-6H2,1H3,(H,12,13).